The molecular formula is C26H29NO5S. The summed E-state index contributed by atoms with van der Waals surface area (Å²) in [6.45, 7) is 8.20. The number of nitrogens with zero attached hydrogens (tertiary/aromatic N) is 1. The number of ether oxygens (including phenoxy) is 3. The Morgan fingerprint density at radius 2 is 1.85 bits per heavy atom. The van der Waals surface area contributed by atoms with E-state index in [0.717, 1.165) is 16.9 Å². The standard InChI is InChI=1S/C26H29NO5S/c1-17-6-9-19(10-7-17)33(28,29)27-16-26-21(12-13-31-26)20-14-18(30-5)8-11-22(20)32-24(26)15-23(27)25(2,3)4/h6-15,21,23H,16H2,1-5H3/t21-,23?,26-/m1/s1. The highest BCUT2D eigenvalue weighted by Gasteiger charge is 2.59. The van der Waals surface area contributed by atoms with Crippen molar-refractivity contribution in [3.05, 3.63) is 77.8 Å². The van der Waals surface area contributed by atoms with E-state index < -0.39 is 21.7 Å². The average Bonchev–Trinajstić information content (AvgIpc) is 3.20. The SMILES string of the molecule is COc1ccc2c(c1)[C@H]1C=CO[C@]13CN(S(=O)(=O)c1ccc(C)cc1)C(C(C)(C)C)C=C3O2. The highest BCUT2D eigenvalue weighted by Crippen LogP contribution is 2.54. The number of hydrogen-bond donors (Lipinski definition) is 0. The molecule has 0 N–H and O–H groups in total. The van der Waals surface area contributed by atoms with E-state index >= 15 is 0 Å². The van der Waals surface area contributed by atoms with E-state index in [2.05, 4.69) is 0 Å². The van der Waals surface area contributed by atoms with E-state index in [-0.39, 0.29) is 22.8 Å². The number of rotatable bonds is 3. The molecule has 1 unspecified atom stereocenters. The molecule has 0 fully saturated rings. The molecule has 174 valence electrons. The van der Waals surface area contributed by atoms with Crippen molar-refractivity contribution in [2.75, 3.05) is 13.7 Å². The van der Waals surface area contributed by atoms with Gasteiger partial charge in [0.25, 0.3) is 0 Å². The molecule has 0 saturated carbocycles. The largest absolute Gasteiger partial charge is 0.497 e. The third-order valence-corrected chi connectivity index (χ3v) is 8.61. The molecule has 0 amide bonds. The zero-order valence-electron chi connectivity index (χ0n) is 19.5. The molecule has 3 heterocycles. The van der Waals surface area contributed by atoms with Crippen LogP contribution in [0.15, 0.2) is 71.5 Å². The molecule has 7 heteroatoms. The number of hydrogen-bond acceptors (Lipinski definition) is 5. The zero-order valence-corrected chi connectivity index (χ0v) is 20.3. The van der Waals surface area contributed by atoms with Crippen molar-refractivity contribution in [3.8, 4) is 11.5 Å². The molecule has 6 nitrogen and oxygen atoms in total. The van der Waals surface area contributed by atoms with Gasteiger partial charge in [0.15, 0.2) is 5.60 Å². The first-order valence-electron chi connectivity index (χ1n) is 11.1. The van der Waals surface area contributed by atoms with Crippen LogP contribution >= 0.6 is 0 Å². The van der Waals surface area contributed by atoms with Crippen molar-refractivity contribution in [3.63, 3.8) is 0 Å². The van der Waals surface area contributed by atoms with Gasteiger partial charge in [0.05, 0.1) is 36.8 Å². The fraction of sp³-hybridized carbons (Fsp3) is 0.385. The maximum absolute atomic E-state index is 13.9. The Morgan fingerprint density at radius 3 is 2.52 bits per heavy atom. The molecule has 0 aromatic heterocycles. The Morgan fingerprint density at radius 1 is 1.12 bits per heavy atom. The van der Waals surface area contributed by atoms with Crippen molar-refractivity contribution >= 4 is 10.0 Å². The Labute approximate surface area is 195 Å². The summed E-state index contributed by atoms with van der Waals surface area (Å²) in [7, 11) is -2.17. The van der Waals surface area contributed by atoms with Crippen LogP contribution in [0.5, 0.6) is 11.5 Å². The third-order valence-electron chi connectivity index (χ3n) is 6.77. The highest BCUT2D eigenvalue weighted by molar-refractivity contribution is 7.89. The van der Waals surface area contributed by atoms with Crippen LogP contribution in [0.25, 0.3) is 0 Å². The zero-order chi connectivity index (χ0) is 23.6. The van der Waals surface area contributed by atoms with Crippen LogP contribution in [0.3, 0.4) is 0 Å². The first kappa shape index (κ1) is 22.0. The monoisotopic (exact) mass is 467 g/mol. The van der Waals surface area contributed by atoms with Gasteiger partial charge in [-0.15, -0.1) is 0 Å². The van der Waals surface area contributed by atoms with E-state index in [1.54, 1.807) is 29.8 Å². The molecule has 2 aromatic carbocycles. The minimum Gasteiger partial charge on any atom is -0.497 e. The summed E-state index contributed by atoms with van der Waals surface area (Å²) in [5.74, 6) is 1.91. The summed E-state index contributed by atoms with van der Waals surface area (Å²) < 4.78 is 47.4. The van der Waals surface area contributed by atoms with Crippen LogP contribution in [0, 0.1) is 12.3 Å². The van der Waals surface area contributed by atoms with Crippen molar-refractivity contribution in [1.82, 2.24) is 4.31 Å². The first-order valence-corrected chi connectivity index (χ1v) is 12.5. The molecule has 0 radical (unpaired) electrons. The third kappa shape index (κ3) is 3.37. The molecule has 3 aliphatic rings. The minimum atomic E-state index is -3.80. The summed E-state index contributed by atoms with van der Waals surface area (Å²) in [6.07, 6.45) is 5.57. The maximum atomic E-state index is 13.9. The van der Waals surface area contributed by atoms with Crippen molar-refractivity contribution in [1.29, 1.82) is 0 Å². The van der Waals surface area contributed by atoms with Crippen LogP contribution < -0.4 is 9.47 Å². The minimum absolute atomic E-state index is 0.144. The summed E-state index contributed by atoms with van der Waals surface area (Å²) >= 11 is 0. The lowest BCUT2D eigenvalue weighted by Gasteiger charge is -2.50. The molecule has 33 heavy (non-hydrogen) atoms. The molecule has 0 bridgehead atoms. The van der Waals surface area contributed by atoms with Gasteiger partial charge in [0.2, 0.25) is 10.0 Å². The number of sulfonamides is 1. The molecule has 3 aliphatic heterocycles. The lowest BCUT2D eigenvalue weighted by atomic mass is 9.74. The lowest BCUT2D eigenvalue weighted by Crippen LogP contribution is -2.60. The second-order valence-electron chi connectivity index (χ2n) is 10.0. The Bertz CT molecular complexity index is 1260. The van der Waals surface area contributed by atoms with Crippen molar-refractivity contribution in [2.24, 2.45) is 5.41 Å². The van der Waals surface area contributed by atoms with Crippen LogP contribution in [-0.4, -0.2) is 38.0 Å². The molecule has 0 saturated heterocycles. The summed E-state index contributed by atoms with van der Waals surface area (Å²) in [5.41, 5.74) is 0.605. The van der Waals surface area contributed by atoms with E-state index in [1.165, 1.54) is 0 Å². The van der Waals surface area contributed by atoms with Crippen molar-refractivity contribution < 1.29 is 22.6 Å². The summed E-state index contributed by atoms with van der Waals surface area (Å²) in [5, 5.41) is 0. The first-order chi connectivity index (χ1) is 15.6. The molecule has 1 spiro atoms. The maximum Gasteiger partial charge on any atom is 0.243 e. The lowest BCUT2D eigenvalue weighted by molar-refractivity contribution is -0.0170. The number of fused-ring (bicyclic) bond motifs is 2. The Balaban J connectivity index is 1.66. The summed E-state index contributed by atoms with van der Waals surface area (Å²) in [4.78, 5) is 0.275. The van der Waals surface area contributed by atoms with E-state index in [0.29, 0.717) is 11.5 Å². The molecule has 2 aromatic rings. The van der Waals surface area contributed by atoms with Gasteiger partial charge in [-0.3, -0.25) is 0 Å². The fourth-order valence-corrected chi connectivity index (χ4v) is 6.72. The van der Waals surface area contributed by atoms with E-state index in [4.69, 9.17) is 14.2 Å². The van der Waals surface area contributed by atoms with Crippen LogP contribution in [0.4, 0.5) is 0 Å². The van der Waals surface area contributed by atoms with Crippen LogP contribution in [0.1, 0.15) is 37.8 Å². The van der Waals surface area contributed by atoms with Crippen LogP contribution in [-0.2, 0) is 14.8 Å². The van der Waals surface area contributed by atoms with Gasteiger partial charge >= 0.3 is 0 Å². The molecule has 0 aliphatic carbocycles. The fourth-order valence-electron chi connectivity index (χ4n) is 4.94. The normalized spacial score (nSPS) is 26.4. The molecular weight excluding hydrogens is 438 g/mol. The van der Waals surface area contributed by atoms with E-state index in [1.807, 2.05) is 70.2 Å². The van der Waals surface area contributed by atoms with Gasteiger partial charge in [-0.05, 0) is 54.8 Å². The van der Waals surface area contributed by atoms with Gasteiger partial charge in [0.1, 0.15) is 17.3 Å². The van der Waals surface area contributed by atoms with Gasteiger partial charge in [-0.2, -0.15) is 4.31 Å². The summed E-state index contributed by atoms with van der Waals surface area (Å²) in [6, 6.07) is 12.3. The van der Waals surface area contributed by atoms with Crippen LogP contribution in [0.2, 0.25) is 0 Å². The number of aryl methyl sites for hydroxylation is 1. The quantitative estimate of drug-likeness (QED) is 0.651. The van der Waals surface area contributed by atoms with Gasteiger partial charge in [-0.1, -0.05) is 38.5 Å². The predicted octanol–water partition coefficient (Wildman–Crippen LogP) is 4.77. The smallest absolute Gasteiger partial charge is 0.243 e. The second kappa shape index (κ2) is 7.37. The van der Waals surface area contributed by atoms with Gasteiger partial charge in [-0.25, -0.2) is 8.42 Å². The van der Waals surface area contributed by atoms with E-state index in [9.17, 15) is 8.42 Å². The number of methoxy groups -OCH3 is 1. The molecule has 5 rings (SSSR count). The number of benzene rings is 2. The van der Waals surface area contributed by atoms with Crippen molar-refractivity contribution in [2.45, 2.75) is 50.2 Å². The highest BCUT2D eigenvalue weighted by atomic mass is 32.2. The topological polar surface area (TPSA) is 65.1 Å². The molecule has 3 atom stereocenters. The second-order valence-corrected chi connectivity index (χ2v) is 11.9. The Kier molecular flexibility index (Phi) is 4.92. The predicted molar refractivity (Wildman–Crippen MR) is 126 cm³/mol. The average molecular weight is 468 g/mol. The van der Waals surface area contributed by atoms with Gasteiger partial charge < -0.3 is 14.2 Å². The Hall–Kier alpha value is -2.77. The van der Waals surface area contributed by atoms with Gasteiger partial charge in [0, 0.05) is 5.56 Å².